The maximum Gasteiger partial charge on any atom is 0.408 e. The lowest BCUT2D eigenvalue weighted by Gasteiger charge is -2.31. The molecule has 0 spiro atoms. The van der Waals surface area contributed by atoms with Gasteiger partial charge in [0.25, 0.3) is 0 Å². The summed E-state index contributed by atoms with van der Waals surface area (Å²) >= 11 is 8.25. The summed E-state index contributed by atoms with van der Waals surface area (Å²) in [5, 5.41) is 10.3. The van der Waals surface area contributed by atoms with Crippen LogP contribution >= 0.6 is 30.3 Å². The van der Waals surface area contributed by atoms with Crippen molar-refractivity contribution in [2.75, 3.05) is 32.2 Å². The SMILES string of the molecule is COc1ccc2c(O[C@@H]3C[C@H]4C(=O)N[C@]5(P(=O)(O)Cc6c(F)cccc6F)C[C@@H]5CCOC/C=C/C[C@H](NC(=O)OC5CCCC5)C(=O)N4C3)cc(-c3csc(NC(C)C)n3)nc2c1Cl. The standard InChI is InChI=1S/C45H52ClF2N6O9PS/c1-25(2)49-43-51-35(24-65-43)34-20-38(29-14-15-37(60-3)39(46)40(29)50-34)62-28-19-36-41(55)53-45(64(58,59)23-30-31(47)11-8-12-32(30)48)21-26(45)16-18-61-17-7-6-13-33(42(56)54(36)22-28)52-44(57)63-27-9-4-5-10-27/h6-8,11-12,14-15,20,24-28,33,36H,4-5,9-10,13,16-19,21-23H2,1-3H3,(H,49,51)(H,52,57)(H,53,55)(H,58,59)/b7-6+/t26-,28+,33-,36-,45-/m0/s1. The van der Waals surface area contributed by atoms with Gasteiger partial charge in [-0.1, -0.05) is 29.8 Å². The number of carbonyl (C=O) groups excluding carboxylic acids is 3. The molecule has 2 aliphatic carbocycles. The van der Waals surface area contributed by atoms with E-state index in [-0.39, 0.29) is 62.6 Å². The van der Waals surface area contributed by atoms with Crippen molar-refractivity contribution in [3.8, 4) is 22.9 Å². The van der Waals surface area contributed by atoms with Gasteiger partial charge in [0.2, 0.25) is 19.2 Å². The van der Waals surface area contributed by atoms with Crippen molar-refractivity contribution in [1.82, 2.24) is 25.5 Å². The van der Waals surface area contributed by atoms with Crippen LogP contribution in [0, 0.1) is 17.6 Å². The summed E-state index contributed by atoms with van der Waals surface area (Å²) in [5.41, 5.74) is 0.771. The Balaban J connectivity index is 1.15. The van der Waals surface area contributed by atoms with Crippen molar-refractivity contribution < 1.29 is 51.6 Å². The van der Waals surface area contributed by atoms with Gasteiger partial charge >= 0.3 is 6.09 Å². The zero-order valence-electron chi connectivity index (χ0n) is 36.2. The number of methoxy groups -OCH3 is 1. The minimum atomic E-state index is -4.63. The zero-order valence-corrected chi connectivity index (χ0v) is 38.7. The van der Waals surface area contributed by atoms with Crippen LogP contribution < -0.4 is 25.4 Å². The summed E-state index contributed by atoms with van der Waals surface area (Å²) in [4.78, 5) is 65.6. The van der Waals surface area contributed by atoms with Gasteiger partial charge in [0.15, 0.2) is 5.13 Å². The van der Waals surface area contributed by atoms with Gasteiger partial charge in [0.1, 0.15) is 63.4 Å². The maximum atomic E-state index is 14.9. The maximum absolute atomic E-state index is 14.9. The number of benzene rings is 2. The number of hydrogen-bond acceptors (Lipinski definition) is 12. The zero-order chi connectivity index (χ0) is 46.0. The molecular weight excluding hydrogens is 905 g/mol. The predicted octanol–water partition coefficient (Wildman–Crippen LogP) is 8.17. The number of thiazole rings is 1. The molecule has 4 N–H and O–H groups in total. The lowest BCUT2D eigenvalue weighted by molar-refractivity contribution is -0.140. The minimum absolute atomic E-state index is 0.0284. The van der Waals surface area contributed by atoms with E-state index in [0.29, 0.717) is 51.8 Å². The number of ether oxygens (including phenoxy) is 4. The number of hydrogen-bond donors (Lipinski definition) is 4. The van der Waals surface area contributed by atoms with Gasteiger partial charge in [0, 0.05) is 41.5 Å². The number of aromatic nitrogens is 2. The predicted molar refractivity (Wildman–Crippen MR) is 241 cm³/mol. The van der Waals surface area contributed by atoms with E-state index >= 15 is 0 Å². The van der Waals surface area contributed by atoms with Crippen LogP contribution in [-0.4, -0.2) is 100 Å². The number of anilines is 1. The van der Waals surface area contributed by atoms with Crippen LogP contribution in [0.5, 0.6) is 11.5 Å². The van der Waals surface area contributed by atoms with E-state index in [2.05, 4.69) is 16.0 Å². The van der Waals surface area contributed by atoms with Crippen molar-refractivity contribution in [2.45, 2.75) is 107 Å². The molecule has 15 nitrogen and oxygen atoms in total. The van der Waals surface area contributed by atoms with Crippen molar-refractivity contribution in [1.29, 1.82) is 0 Å². The van der Waals surface area contributed by atoms with Gasteiger partial charge in [-0.3, -0.25) is 14.2 Å². The van der Waals surface area contributed by atoms with Crippen LogP contribution in [0.25, 0.3) is 22.3 Å². The number of pyridine rings is 1. The molecule has 4 aromatic rings. The Hall–Kier alpha value is -4.87. The summed E-state index contributed by atoms with van der Waals surface area (Å²) in [5.74, 6) is -3.26. The Kier molecular flexibility index (Phi) is 14.0. The molecular formula is C45H52ClF2N6O9PS. The van der Waals surface area contributed by atoms with Crippen molar-refractivity contribution in [2.24, 2.45) is 5.92 Å². The van der Waals surface area contributed by atoms with E-state index in [4.69, 9.17) is 40.5 Å². The summed E-state index contributed by atoms with van der Waals surface area (Å²) in [6.07, 6.45) is 4.10. The van der Waals surface area contributed by atoms with Crippen LogP contribution in [0.1, 0.15) is 70.8 Å². The second kappa shape index (κ2) is 19.5. The molecule has 2 aliphatic heterocycles. The monoisotopic (exact) mass is 956 g/mol. The average Bonchev–Trinajstić information content (AvgIpc) is 3.68. The fraction of sp³-hybridized carbons (Fsp3) is 0.489. The van der Waals surface area contributed by atoms with E-state index in [1.165, 1.54) is 23.3 Å². The third-order valence-electron chi connectivity index (χ3n) is 12.4. The summed E-state index contributed by atoms with van der Waals surface area (Å²) in [7, 11) is -3.14. The number of halogens is 3. The molecule has 65 heavy (non-hydrogen) atoms. The first-order chi connectivity index (χ1) is 31.2. The lowest BCUT2D eigenvalue weighted by Crippen LogP contribution is -2.55. The Bertz CT molecular complexity index is 2510. The van der Waals surface area contributed by atoms with Gasteiger partial charge in [-0.25, -0.2) is 23.5 Å². The van der Waals surface area contributed by atoms with E-state index in [1.54, 1.807) is 30.4 Å². The Morgan fingerprint density at radius 1 is 1.09 bits per heavy atom. The minimum Gasteiger partial charge on any atom is -0.495 e. The molecule has 6 atom stereocenters. The molecule has 3 fully saturated rings. The number of nitrogens with zero attached hydrogens (tertiary/aromatic N) is 3. The van der Waals surface area contributed by atoms with Gasteiger partial charge in [0.05, 0.1) is 37.6 Å². The molecule has 4 heterocycles. The third-order valence-corrected chi connectivity index (χ3v) is 16.2. The van der Waals surface area contributed by atoms with Crippen molar-refractivity contribution >= 4 is 64.2 Å². The largest absolute Gasteiger partial charge is 0.495 e. The highest BCUT2D eigenvalue weighted by Gasteiger charge is 2.66. The first kappa shape index (κ1) is 46.7. The molecule has 3 amide bonds. The van der Waals surface area contributed by atoms with E-state index in [0.717, 1.165) is 31.0 Å². The molecule has 4 aliphatic rings. The van der Waals surface area contributed by atoms with E-state index in [9.17, 15) is 32.6 Å². The molecule has 2 aromatic carbocycles. The van der Waals surface area contributed by atoms with Crippen LogP contribution in [0.3, 0.4) is 0 Å². The Morgan fingerprint density at radius 2 is 1.86 bits per heavy atom. The summed E-state index contributed by atoms with van der Waals surface area (Å²) in [6.45, 7) is 4.13. The molecule has 348 valence electrons. The van der Waals surface area contributed by atoms with Crippen molar-refractivity contribution in [3.63, 3.8) is 0 Å². The normalized spacial score (nSPS) is 25.4. The highest BCUT2D eigenvalue weighted by atomic mass is 35.5. The third kappa shape index (κ3) is 10.1. The van der Waals surface area contributed by atoms with Crippen LogP contribution in [0.15, 0.2) is 53.9 Å². The molecule has 0 bridgehead atoms. The molecule has 20 heteroatoms. The number of amides is 3. The van der Waals surface area contributed by atoms with Gasteiger partial charge in [-0.15, -0.1) is 11.3 Å². The van der Waals surface area contributed by atoms with Gasteiger partial charge in [-0.05, 0) is 89.0 Å². The molecule has 1 unspecified atom stereocenters. The topological polar surface area (TPSA) is 191 Å². The lowest BCUT2D eigenvalue weighted by atomic mass is 10.1. The van der Waals surface area contributed by atoms with Gasteiger partial charge < -0.3 is 44.7 Å². The second-order valence-electron chi connectivity index (χ2n) is 17.3. The fourth-order valence-electron chi connectivity index (χ4n) is 8.95. The molecule has 8 rings (SSSR count). The highest BCUT2D eigenvalue weighted by Crippen LogP contribution is 2.71. The Morgan fingerprint density at radius 3 is 2.60 bits per heavy atom. The number of carbonyl (C=O) groups is 3. The molecule has 1 saturated heterocycles. The number of alkyl carbamates (subject to hydrolysis) is 1. The number of nitrogens with one attached hydrogen (secondary N) is 3. The number of fused-ring (bicyclic) bond motifs is 3. The Labute approximate surface area is 384 Å². The molecule has 0 radical (unpaired) electrons. The summed E-state index contributed by atoms with van der Waals surface area (Å²) < 4.78 is 68.1. The van der Waals surface area contributed by atoms with E-state index < -0.39 is 78.0 Å². The average molecular weight is 957 g/mol. The smallest absolute Gasteiger partial charge is 0.408 e. The van der Waals surface area contributed by atoms with Crippen molar-refractivity contribution in [3.05, 3.63) is 76.2 Å². The molecule has 2 aromatic heterocycles. The summed E-state index contributed by atoms with van der Waals surface area (Å²) in [6, 6.07) is 5.95. The fourth-order valence-corrected chi connectivity index (χ4v) is 12.6. The molecule has 2 saturated carbocycles. The van der Waals surface area contributed by atoms with Crippen LogP contribution in [-0.2, 0) is 29.8 Å². The van der Waals surface area contributed by atoms with Crippen LogP contribution in [0.4, 0.5) is 18.7 Å². The second-order valence-corrected chi connectivity index (χ2v) is 21.0. The quantitative estimate of drug-likeness (QED) is 0.0835. The first-order valence-corrected chi connectivity index (χ1v) is 24.9. The highest BCUT2D eigenvalue weighted by molar-refractivity contribution is 7.59. The first-order valence-electron chi connectivity index (χ1n) is 21.8. The van der Waals surface area contributed by atoms with Gasteiger partial charge in [-0.2, -0.15) is 0 Å². The van der Waals surface area contributed by atoms with Crippen LogP contribution in [0.2, 0.25) is 5.02 Å². The number of rotatable bonds is 11. The van der Waals surface area contributed by atoms with E-state index in [1.807, 2.05) is 19.2 Å².